The van der Waals surface area contributed by atoms with Crippen LogP contribution in [0.2, 0.25) is 0 Å². The van der Waals surface area contributed by atoms with Crippen LogP contribution in [0.1, 0.15) is 65.2 Å². The van der Waals surface area contributed by atoms with Crippen molar-refractivity contribution in [3.63, 3.8) is 0 Å². The average Bonchev–Trinajstić information content (AvgIpc) is 3.37. The average molecular weight is 432 g/mol. The van der Waals surface area contributed by atoms with Crippen LogP contribution >= 0.6 is 0 Å². The molecule has 8 heteroatoms. The van der Waals surface area contributed by atoms with E-state index in [4.69, 9.17) is 18.9 Å². The number of carbonyl (C=O) groups is 4. The van der Waals surface area contributed by atoms with Gasteiger partial charge in [0.05, 0.1) is 30.3 Å². The van der Waals surface area contributed by atoms with Crippen LogP contribution in [0.25, 0.3) is 0 Å². The third-order valence-electron chi connectivity index (χ3n) is 6.66. The maximum absolute atomic E-state index is 12.8. The molecule has 0 aromatic carbocycles. The number of hydrogen-bond acceptors (Lipinski definition) is 8. The standard InChI is InChI=1S/C23H28O8/c1-3-5-7-13-11-14-18(22(27)31-19(14)24)16(12-15-17(13)21(26)30-20(15)25)23(8-6-4-2)28-9-10-29-23/h13,16H,3-12H2,1-2H3. The van der Waals surface area contributed by atoms with Crippen molar-refractivity contribution in [1.29, 1.82) is 0 Å². The molecule has 168 valence electrons. The second-order valence-electron chi connectivity index (χ2n) is 8.55. The van der Waals surface area contributed by atoms with E-state index in [-0.39, 0.29) is 35.5 Å². The fraction of sp³-hybridized carbons (Fsp3) is 0.652. The van der Waals surface area contributed by atoms with Crippen LogP contribution in [0.15, 0.2) is 22.3 Å². The Morgan fingerprint density at radius 2 is 1.35 bits per heavy atom. The van der Waals surface area contributed by atoms with Gasteiger partial charge in [0.25, 0.3) is 0 Å². The first-order chi connectivity index (χ1) is 14.9. The molecule has 0 amide bonds. The second-order valence-corrected chi connectivity index (χ2v) is 8.55. The van der Waals surface area contributed by atoms with E-state index in [9.17, 15) is 19.2 Å². The molecule has 1 fully saturated rings. The normalized spacial score (nSPS) is 27.8. The molecule has 0 N–H and O–H groups in total. The highest BCUT2D eigenvalue weighted by Gasteiger charge is 2.54. The van der Waals surface area contributed by atoms with Crippen LogP contribution < -0.4 is 0 Å². The van der Waals surface area contributed by atoms with Gasteiger partial charge in [-0.15, -0.1) is 0 Å². The van der Waals surface area contributed by atoms with Crippen molar-refractivity contribution in [3.8, 4) is 0 Å². The second kappa shape index (κ2) is 8.67. The Morgan fingerprint density at radius 3 is 1.97 bits per heavy atom. The van der Waals surface area contributed by atoms with Crippen molar-refractivity contribution < 1.29 is 38.1 Å². The highest BCUT2D eigenvalue weighted by atomic mass is 16.7. The molecule has 0 radical (unpaired) electrons. The third-order valence-corrected chi connectivity index (χ3v) is 6.66. The van der Waals surface area contributed by atoms with Crippen molar-refractivity contribution in [2.45, 2.75) is 71.0 Å². The molecule has 2 unspecified atom stereocenters. The van der Waals surface area contributed by atoms with Crippen LogP contribution in [0.5, 0.6) is 0 Å². The fourth-order valence-electron chi connectivity index (χ4n) is 5.16. The molecule has 0 saturated carbocycles. The largest absolute Gasteiger partial charge is 0.386 e. The lowest BCUT2D eigenvalue weighted by molar-refractivity contribution is -0.194. The summed E-state index contributed by atoms with van der Waals surface area (Å²) < 4.78 is 22.1. The van der Waals surface area contributed by atoms with Crippen molar-refractivity contribution in [2.24, 2.45) is 11.8 Å². The molecule has 1 aliphatic carbocycles. The Balaban J connectivity index is 1.85. The van der Waals surface area contributed by atoms with E-state index in [1.165, 1.54) is 0 Å². The molecule has 4 rings (SSSR count). The minimum atomic E-state index is -1.15. The molecule has 31 heavy (non-hydrogen) atoms. The van der Waals surface area contributed by atoms with Gasteiger partial charge in [0.2, 0.25) is 0 Å². The molecule has 3 heterocycles. The van der Waals surface area contributed by atoms with E-state index in [0.29, 0.717) is 31.6 Å². The van der Waals surface area contributed by atoms with Crippen molar-refractivity contribution >= 4 is 23.9 Å². The van der Waals surface area contributed by atoms with Crippen LogP contribution in [0.3, 0.4) is 0 Å². The SMILES string of the molecule is CCCCC1CC2=C(C(=O)OC2=O)C(C2(CCCC)OCCO2)CC2=C1C(=O)OC2=O. The molecule has 0 bridgehead atoms. The minimum Gasteiger partial charge on any atom is -0.386 e. The van der Waals surface area contributed by atoms with Crippen LogP contribution in [0, 0.1) is 11.8 Å². The first-order valence-corrected chi connectivity index (χ1v) is 11.2. The van der Waals surface area contributed by atoms with Gasteiger partial charge in [-0.2, -0.15) is 0 Å². The van der Waals surface area contributed by atoms with Gasteiger partial charge in [0.1, 0.15) is 0 Å². The lowest BCUT2D eigenvalue weighted by Crippen LogP contribution is -2.43. The lowest BCUT2D eigenvalue weighted by Gasteiger charge is -2.37. The monoisotopic (exact) mass is 432 g/mol. The number of ether oxygens (including phenoxy) is 4. The topological polar surface area (TPSA) is 105 Å². The summed E-state index contributed by atoms with van der Waals surface area (Å²) in [5.41, 5.74) is 1.09. The van der Waals surface area contributed by atoms with Gasteiger partial charge in [0.15, 0.2) is 5.79 Å². The summed E-state index contributed by atoms with van der Waals surface area (Å²) in [6, 6.07) is 0. The molecule has 0 spiro atoms. The molecule has 8 nitrogen and oxygen atoms in total. The Morgan fingerprint density at radius 1 is 0.774 bits per heavy atom. The number of esters is 4. The Kier molecular flexibility index (Phi) is 6.12. The summed E-state index contributed by atoms with van der Waals surface area (Å²) in [6.07, 6.45) is 4.65. The summed E-state index contributed by atoms with van der Waals surface area (Å²) in [5, 5.41) is 0. The summed E-state index contributed by atoms with van der Waals surface area (Å²) in [6.45, 7) is 4.75. The third kappa shape index (κ3) is 3.76. The summed E-state index contributed by atoms with van der Waals surface area (Å²) in [4.78, 5) is 50.7. The lowest BCUT2D eigenvalue weighted by atomic mass is 9.73. The van der Waals surface area contributed by atoms with Gasteiger partial charge >= 0.3 is 23.9 Å². The highest BCUT2D eigenvalue weighted by molar-refractivity contribution is 6.15. The van der Waals surface area contributed by atoms with Gasteiger partial charge in [-0.1, -0.05) is 33.1 Å². The number of unbranched alkanes of at least 4 members (excludes halogenated alkanes) is 2. The van der Waals surface area contributed by atoms with Crippen molar-refractivity contribution in [1.82, 2.24) is 0 Å². The van der Waals surface area contributed by atoms with Gasteiger partial charge < -0.3 is 18.9 Å². The van der Waals surface area contributed by atoms with Crippen LogP contribution in [-0.4, -0.2) is 42.9 Å². The molecular formula is C23H28O8. The predicted molar refractivity (Wildman–Crippen MR) is 106 cm³/mol. The van der Waals surface area contributed by atoms with Gasteiger partial charge in [-0.25, -0.2) is 19.2 Å². The Bertz CT molecular complexity index is 874. The van der Waals surface area contributed by atoms with Crippen LogP contribution in [-0.2, 0) is 38.1 Å². The van der Waals surface area contributed by atoms with Crippen LogP contribution in [0.4, 0.5) is 0 Å². The molecule has 1 saturated heterocycles. The maximum Gasteiger partial charge on any atom is 0.342 e. The Labute approximate surface area is 180 Å². The molecule has 0 aromatic rings. The van der Waals surface area contributed by atoms with E-state index in [0.717, 1.165) is 25.7 Å². The van der Waals surface area contributed by atoms with Gasteiger partial charge in [-0.3, -0.25) is 0 Å². The van der Waals surface area contributed by atoms with E-state index < -0.39 is 35.6 Å². The first kappa shape index (κ1) is 21.9. The van der Waals surface area contributed by atoms with Gasteiger partial charge in [0, 0.05) is 17.6 Å². The fourth-order valence-corrected chi connectivity index (χ4v) is 5.16. The van der Waals surface area contributed by atoms with Crippen molar-refractivity contribution in [3.05, 3.63) is 22.3 Å². The molecule has 2 atom stereocenters. The molecule has 4 aliphatic rings. The van der Waals surface area contributed by atoms with E-state index in [2.05, 4.69) is 0 Å². The van der Waals surface area contributed by atoms with Gasteiger partial charge in [-0.05, 0) is 31.6 Å². The number of hydrogen-bond donors (Lipinski definition) is 0. The predicted octanol–water partition coefficient (Wildman–Crippen LogP) is 2.90. The van der Waals surface area contributed by atoms with E-state index >= 15 is 0 Å². The van der Waals surface area contributed by atoms with Crippen molar-refractivity contribution in [2.75, 3.05) is 13.2 Å². The Hall–Kier alpha value is -2.32. The minimum absolute atomic E-state index is 0.0352. The summed E-state index contributed by atoms with van der Waals surface area (Å²) in [7, 11) is 0. The molecule has 3 aliphatic heterocycles. The smallest absolute Gasteiger partial charge is 0.342 e. The van der Waals surface area contributed by atoms with E-state index in [1.807, 2.05) is 13.8 Å². The van der Waals surface area contributed by atoms with E-state index in [1.54, 1.807) is 0 Å². The summed E-state index contributed by atoms with van der Waals surface area (Å²) >= 11 is 0. The molecule has 0 aromatic heterocycles. The maximum atomic E-state index is 12.8. The zero-order valence-electron chi connectivity index (χ0n) is 18.0. The zero-order chi connectivity index (χ0) is 22.2. The first-order valence-electron chi connectivity index (χ1n) is 11.2. The number of rotatable bonds is 7. The number of cyclic esters (lactones) is 4. The number of carbonyl (C=O) groups excluding carboxylic acids is 4. The highest BCUT2D eigenvalue weighted by Crippen LogP contribution is 2.49. The summed E-state index contributed by atoms with van der Waals surface area (Å²) in [5.74, 6) is -5.00. The molecular weight excluding hydrogens is 404 g/mol. The zero-order valence-corrected chi connectivity index (χ0v) is 18.0. The quantitative estimate of drug-likeness (QED) is 0.447.